The van der Waals surface area contributed by atoms with Crippen molar-refractivity contribution in [2.45, 2.75) is 12.5 Å². The van der Waals surface area contributed by atoms with Gasteiger partial charge in [-0.2, -0.15) is 8.78 Å². The average molecular weight is 258 g/mol. The van der Waals surface area contributed by atoms with Gasteiger partial charge >= 0.3 is 0 Å². The summed E-state index contributed by atoms with van der Waals surface area (Å²) in [6, 6.07) is 15.1. The summed E-state index contributed by atoms with van der Waals surface area (Å²) in [6.45, 7) is -0.405. The zero-order valence-electron chi connectivity index (χ0n) is 10.1. The Labute approximate surface area is 109 Å². The number of fused-ring (bicyclic) bond motifs is 1. The van der Waals surface area contributed by atoms with Gasteiger partial charge in [-0.05, 0) is 12.1 Å². The first-order valence-corrected chi connectivity index (χ1v) is 6.00. The number of hydrogen-bond donors (Lipinski definition) is 0. The molecule has 0 aliphatic rings. The molecule has 0 spiro atoms. The first-order chi connectivity index (χ1) is 9.17. The first kappa shape index (κ1) is 11.8. The average Bonchev–Trinajstić information content (AvgIpc) is 2.83. The van der Waals surface area contributed by atoms with Gasteiger partial charge in [0.25, 0.3) is 5.92 Å². The second-order valence-electron chi connectivity index (χ2n) is 4.43. The van der Waals surface area contributed by atoms with Gasteiger partial charge in [-0.1, -0.05) is 42.5 Å². The molecule has 0 unspecified atom stereocenters. The molecule has 96 valence electrons. The molecule has 2 nitrogen and oxygen atoms in total. The molecule has 4 heteroatoms. The van der Waals surface area contributed by atoms with Gasteiger partial charge in [-0.3, -0.25) is 0 Å². The highest BCUT2D eigenvalue weighted by atomic mass is 19.3. The van der Waals surface area contributed by atoms with E-state index in [9.17, 15) is 8.78 Å². The summed E-state index contributed by atoms with van der Waals surface area (Å²) in [4.78, 5) is 4.13. The predicted octanol–water partition coefficient (Wildman–Crippen LogP) is 3.83. The minimum absolute atomic E-state index is 0.0211. The van der Waals surface area contributed by atoms with Gasteiger partial charge in [0.1, 0.15) is 0 Å². The second-order valence-corrected chi connectivity index (χ2v) is 4.43. The summed E-state index contributed by atoms with van der Waals surface area (Å²) in [7, 11) is 0. The number of imidazole rings is 1. The van der Waals surface area contributed by atoms with Crippen LogP contribution in [0, 0.1) is 0 Å². The molecule has 0 saturated heterocycles. The van der Waals surface area contributed by atoms with E-state index in [0.717, 1.165) is 11.0 Å². The maximum atomic E-state index is 14.2. The van der Waals surface area contributed by atoms with Crippen LogP contribution in [0.25, 0.3) is 11.0 Å². The molecular weight excluding hydrogens is 246 g/mol. The summed E-state index contributed by atoms with van der Waals surface area (Å²) < 4.78 is 29.9. The minimum Gasteiger partial charge on any atom is -0.324 e. The zero-order valence-corrected chi connectivity index (χ0v) is 10.1. The number of benzene rings is 2. The van der Waals surface area contributed by atoms with Crippen LogP contribution in [0.2, 0.25) is 0 Å². The number of aromatic nitrogens is 2. The smallest absolute Gasteiger partial charge is 0.290 e. The van der Waals surface area contributed by atoms with E-state index >= 15 is 0 Å². The normalized spacial score (nSPS) is 11.9. The van der Waals surface area contributed by atoms with E-state index in [1.54, 1.807) is 24.3 Å². The molecule has 0 fully saturated rings. The largest absolute Gasteiger partial charge is 0.324 e. The molecule has 3 aromatic rings. The summed E-state index contributed by atoms with van der Waals surface area (Å²) >= 11 is 0. The summed E-state index contributed by atoms with van der Waals surface area (Å²) in [5.41, 5.74) is 1.47. The van der Waals surface area contributed by atoms with Crippen molar-refractivity contribution in [2.75, 3.05) is 0 Å². The van der Waals surface area contributed by atoms with E-state index in [4.69, 9.17) is 0 Å². The molecule has 0 atom stereocenters. The fourth-order valence-corrected chi connectivity index (χ4v) is 2.12. The Balaban J connectivity index is 1.96. The Morgan fingerprint density at radius 1 is 0.947 bits per heavy atom. The fourth-order valence-electron chi connectivity index (χ4n) is 2.12. The Morgan fingerprint density at radius 2 is 1.63 bits per heavy atom. The Bertz CT molecular complexity index is 689. The van der Waals surface area contributed by atoms with E-state index < -0.39 is 12.5 Å². The second kappa shape index (κ2) is 4.46. The highest BCUT2D eigenvalue weighted by Crippen LogP contribution is 2.30. The van der Waals surface area contributed by atoms with Gasteiger partial charge in [0, 0.05) is 5.56 Å². The molecule has 0 radical (unpaired) electrons. The molecule has 3 rings (SSSR count). The van der Waals surface area contributed by atoms with Gasteiger partial charge in [0.2, 0.25) is 0 Å². The standard InChI is InChI=1S/C15H12F2N2/c16-15(17,12-6-2-1-3-7-12)10-19-11-18-13-8-4-5-9-14(13)19/h1-9,11H,10H2. The highest BCUT2D eigenvalue weighted by molar-refractivity contribution is 5.74. The predicted molar refractivity (Wildman–Crippen MR) is 70.1 cm³/mol. The van der Waals surface area contributed by atoms with Gasteiger partial charge in [0.05, 0.1) is 23.9 Å². The van der Waals surface area contributed by atoms with Crippen LogP contribution in [0.4, 0.5) is 8.78 Å². The van der Waals surface area contributed by atoms with Crippen LogP contribution in [-0.4, -0.2) is 9.55 Å². The van der Waals surface area contributed by atoms with Gasteiger partial charge in [0.15, 0.2) is 0 Å². The lowest BCUT2D eigenvalue weighted by molar-refractivity contribution is -0.0212. The first-order valence-electron chi connectivity index (χ1n) is 6.00. The summed E-state index contributed by atoms with van der Waals surface area (Å²) in [5.74, 6) is -2.91. The number of nitrogens with zero attached hydrogens (tertiary/aromatic N) is 2. The van der Waals surface area contributed by atoms with Gasteiger partial charge in [-0.25, -0.2) is 4.98 Å². The minimum atomic E-state index is -2.91. The van der Waals surface area contributed by atoms with Gasteiger partial charge in [-0.15, -0.1) is 0 Å². The van der Waals surface area contributed by atoms with Crippen molar-refractivity contribution in [1.29, 1.82) is 0 Å². The number of alkyl halides is 2. The van der Waals surface area contributed by atoms with Crippen molar-refractivity contribution >= 4 is 11.0 Å². The molecule has 0 amide bonds. The lowest BCUT2D eigenvalue weighted by atomic mass is 10.1. The van der Waals surface area contributed by atoms with Crippen molar-refractivity contribution in [2.24, 2.45) is 0 Å². The van der Waals surface area contributed by atoms with Crippen LogP contribution in [0.5, 0.6) is 0 Å². The maximum absolute atomic E-state index is 14.2. The van der Waals surface area contributed by atoms with Crippen LogP contribution in [-0.2, 0) is 12.5 Å². The van der Waals surface area contributed by atoms with Crippen molar-refractivity contribution in [1.82, 2.24) is 9.55 Å². The van der Waals surface area contributed by atoms with Gasteiger partial charge < -0.3 is 4.57 Å². The van der Waals surface area contributed by atoms with Crippen LogP contribution in [0.1, 0.15) is 5.56 Å². The van der Waals surface area contributed by atoms with Crippen molar-refractivity contribution in [3.63, 3.8) is 0 Å². The van der Waals surface area contributed by atoms with E-state index in [1.165, 1.54) is 23.0 Å². The molecule has 19 heavy (non-hydrogen) atoms. The third kappa shape index (κ3) is 2.21. The van der Waals surface area contributed by atoms with E-state index in [-0.39, 0.29) is 5.56 Å². The molecule has 0 aliphatic carbocycles. The SMILES string of the molecule is FC(F)(Cn1cnc2ccccc21)c1ccccc1. The molecular formula is C15H12F2N2. The lowest BCUT2D eigenvalue weighted by Crippen LogP contribution is -2.20. The quantitative estimate of drug-likeness (QED) is 0.698. The highest BCUT2D eigenvalue weighted by Gasteiger charge is 2.32. The summed E-state index contributed by atoms with van der Waals surface area (Å²) in [6.07, 6.45) is 1.46. The summed E-state index contributed by atoms with van der Waals surface area (Å²) in [5, 5.41) is 0. The van der Waals surface area contributed by atoms with E-state index in [2.05, 4.69) is 4.98 Å². The van der Waals surface area contributed by atoms with Crippen molar-refractivity contribution in [3.8, 4) is 0 Å². The number of para-hydroxylation sites is 2. The topological polar surface area (TPSA) is 17.8 Å². The van der Waals surface area contributed by atoms with Crippen molar-refractivity contribution in [3.05, 3.63) is 66.5 Å². The molecule has 0 bridgehead atoms. The monoisotopic (exact) mass is 258 g/mol. The Morgan fingerprint density at radius 3 is 2.42 bits per heavy atom. The fraction of sp³-hybridized carbons (Fsp3) is 0.133. The zero-order chi connectivity index (χ0) is 13.3. The lowest BCUT2D eigenvalue weighted by Gasteiger charge is -2.17. The molecule has 1 aromatic heterocycles. The molecule has 0 saturated carbocycles. The van der Waals surface area contributed by atoms with Crippen LogP contribution >= 0.6 is 0 Å². The Kier molecular flexibility index (Phi) is 2.78. The Hall–Kier alpha value is -2.23. The molecule has 0 aliphatic heterocycles. The molecule has 1 heterocycles. The van der Waals surface area contributed by atoms with Crippen molar-refractivity contribution < 1.29 is 8.78 Å². The third-order valence-electron chi connectivity index (χ3n) is 3.09. The number of halogens is 2. The molecule has 0 N–H and O–H groups in total. The van der Waals surface area contributed by atoms with Crippen LogP contribution in [0.3, 0.4) is 0 Å². The van der Waals surface area contributed by atoms with E-state index in [1.807, 2.05) is 18.2 Å². The molecule has 2 aromatic carbocycles. The maximum Gasteiger partial charge on any atom is 0.290 e. The number of rotatable bonds is 3. The van der Waals surface area contributed by atoms with E-state index in [0.29, 0.717) is 0 Å². The van der Waals surface area contributed by atoms with Crippen LogP contribution < -0.4 is 0 Å². The number of hydrogen-bond acceptors (Lipinski definition) is 1. The van der Waals surface area contributed by atoms with Crippen LogP contribution in [0.15, 0.2) is 60.9 Å². The third-order valence-corrected chi connectivity index (χ3v) is 3.09.